The van der Waals surface area contributed by atoms with Crippen molar-refractivity contribution in [3.05, 3.63) is 58.0 Å². The number of carbonyl (C=O) groups excluding carboxylic acids is 1. The van der Waals surface area contributed by atoms with Crippen LogP contribution in [0.15, 0.2) is 41.9 Å². The van der Waals surface area contributed by atoms with Gasteiger partial charge in [0.25, 0.3) is 0 Å². The van der Waals surface area contributed by atoms with Gasteiger partial charge in [-0.05, 0) is 23.6 Å². The van der Waals surface area contributed by atoms with Crippen LogP contribution in [0.3, 0.4) is 0 Å². The Morgan fingerprint density at radius 3 is 2.69 bits per heavy atom. The van der Waals surface area contributed by atoms with Crippen molar-refractivity contribution < 1.29 is 4.79 Å². The van der Waals surface area contributed by atoms with E-state index in [0.717, 1.165) is 16.2 Å². The van der Waals surface area contributed by atoms with E-state index in [1.807, 2.05) is 17.5 Å². The van der Waals surface area contributed by atoms with Gasteiger partial charge in [-0.25, -0.2) is 4.98 Å². The van der Waals surface area contributed by atoms with Gasteiger partial charge in [-0.1, -0.05) is 12.1 Å². The molecule has 4 N–H and O–H groups in total. The molecule has 0 unspecified atom stereocenters. The van der Waals surface area contributed by atoms with Crippen LogP contribution in [0.2, 0.25) is 0 Å². The highest BCUT2D eigenvalue weighted by Crippen LogP contribution is 2.44. The van der Waals surface area contributed by atoms with Gasteiger partial charge in [0, 0.05) is 22.0 Å². The third kappa shape index (κ3) is 2.42. The number of nitrogens with zero attached hydrogens (tertiary/aromatic N) is 3. The molecule has 0 aliphatic carbocycles. The number of thiophene rings is 2. The summed E-state index contributed by atoms with van der Waals surface area (Å²) in [6.45, 7) is 0. The zero-order valence-corrected chi connectivity index (χ0v) is 14.9. The molecule has 0 aliphatic rings. The van der Waals surface area contributed by atoms with Crippen molar-refractivity contribution in [2.45, 2.75) is 0 Å². The summed E-state index contributed by atoms with van der Waals surface area (Å²) in [5.41, 5.74) is 13.8. The van der Waals surface area contributed by atoms with Crippen molar-refractivity contribution in [2.75, 3.05) is 11.5 Å². The van der Waals surface area contributed by atoms with Crippen LogP contribution in [-0.2, 0) is 0 Å². The van der Waals surface area contributed by atoms with Crippen LogP contribution in [0.25, 0.3) is 20.7 Å². The Labute approximate surface area is 156 Å². The number of hydrogen-bond acceptors (Lipinski definition) is 8. The first kappa shape index (κ1) is 16.2. The fourth-order valence-corrected chi connectivity index (χ4v) is 4.58. The molecule has 0 bridgehead atoms. The predicted octanol–water partition coefficient (Wildman–Crippen LogP) is 3.69. The fourth-order valence-electron chi connectivity index (χ4n) is 2.73. The molecule has 4 rings (SSSR count). The third-order valence-electron chi connectivity index (χ3n) is 3.89. The molecule has 4 heterocycles. The highest BCUT2D eigenvalue weighted by atomic mass is 32.1. The Bertz CT molecular complexity index is 1170. The normalized spacial score (nSPS) is 10.7. The van der Waals surface area contributed by atoms with Crippen molar-refractivity contribution in [1.82, 2.24) is 9.97 Å². The lowest BCUT2D eigenvalue weighted by Gasteiger charge is -2.07. The lowest BCUT2D eigenvalue weighted by atomic mass is 10.0. The van der Waals surface area contributed by atoms with Gasteiger partial charge in [0.05, 0.1) is 5.69 Å². The average Bonchev–Trinajstić information content (AvgIpc) is 3.29. The van der Waals surface area contributed by atoms with Crippen LogP contribution in [0.5, 0.6) is 0 Å². The molecule has 4 aromatic heterocycles. The maximum atomic E-state index is 12.8. The fraction of sp³-hybridized carbons (Fsp3) is 0. The summed E-state index contributed by atoms with van der Waals surface area (Å²) >= 11 is 2.63. The lowest BCUT2D eigenvalue weighted by Crippen LogP contribution is -2.04. The topological polar surface area (TPSA) is 119 Å². The third-order valence-corrected chi connectivity index (χ3v) is 5.87. The number of rotatable bonds is 3. The number of nitriles is 1. The Morgan fingerprint density at radius 1 is 1.19 bits per heavy atom. The highest BCUT2D eigenvalue weighted by molar-refractivity contribution is 7.21. The van der Waals surface area contributed by atoms with E-state index in [9.17, 15) is 10.1 Å². The van der Waals surface area contributed by atoms with Crippen LogP contribution < -0.4 is 11.5 Å². The molecule has 126 valence electrons. The van der Waals surface area contributed by atoms with Crippen molar-refractivity contribution in [3.63, 3.8) is 0 Å². The van der Waals surface area contributed by atoms with Crippen LogP contribution in [0.1, 0.15) is 20.9 Å². The van der Waals surface area contributed by atoms with Gasteiger partial charge < -0.3 is 11.5 Å². The van der Waals surface area contributed by atoms with Gasteiger partial charge in [-0.3, -0.25) is 9.78 Å². The predicted molar refractivity (Wildman–Crippen MR) is 104 cm³/mol. The molecule has 8 heteroatoms. The van der Waals surface area contributed by atoms with Gasteiger partial charge in [0.1, 0.15) is 32.9 Å². The summed E-state index contributed by atoms with van der Waals surface area (Å²) in [4.78, 5) is 22.9. The number of pyridine rings is 2. The molecule has 26 heavy (non-hydrogen) atoms. The largest absolute Gasteiger partial charge is 0.397 e. The number of nitrogens with two attached hydrogens (primary N) is 2. The standard InChI is InChI=1S/C18H11N5OS2/c19-8-9-12(11-5-3-7-25-11)13-14(20)16(26-18(13)23-17(9)21)15(24)10-4-1-2-6-22-10/h1-7H,20H2,(H2,21,23). The molecule has 0 saturated carbocycles. The van der Waals surface area contributed by atoms with Crippen molar-refractivity contribution in [1.29, 1.82) is 5.26 Å². The monoisotopic (exact) mass is 377 g/mol. The van der Waals surface area contributed by atoms with E-state index < -0.39 is 0 Å². The summed E-state index contributed by atoms with van der Waals surface area (Å²) in [6, 6.07) is 11.0. The highest BCUT2D eigenvalue weighted by Gasteiger charge is 2.25. The summed E-state index contributed by atoms with van der Waals surface area (Å²) in [5.74, 6) is -0.151. The minimum absolute atomic E-state index is 0.126. The molecule has 0 aliphatic heterocycles. The maximum absolute atomic E-state index is 12.8. The van der Waals surface area contributed by atoms with E-state index >= 15 is 0 Å². The first-order chi connectivity index (χ1) is 12.6. The number of hydrogen-bond donors (Lipinski definition) is 2. The summed E-state index contributed by atoms with van der Waals surface area (Å²) in [7, 11) is 0. The minimum Gasteiger partial charge on any atom is -0.397 e. The molecule has 4 aromatic rings. The molecule has 0 spiro atoms. The van der Waals surface area contributed by atoms with Gasteiger partial charge in [-0.2, -0.15) is 5.26 Å². The Balaban J connectivity index is 2.04. The van der Waals surface area contributed by atoms with Crippen LogP contribution in [-0.4, -0.2) is 15.8 Å². The molecular weight excluding hydrogens is 366 g/mol. The maximum Gasteiger partial charge on any atom is 0.223 e. The van der Waals surface area contributed by atoms with Crippen LogP contribution in [0.4, 0.5) is 11.5 Å². The first-order valence-electron chi connectivity index (χ1n) is 7.53. The summed E-state index contributed by atoms with van der Waals surface area (Å²) in [6.07, 6.45) is 1.55. The molecule has 0 atom stereocenters. The minimum atomic E-state index is -0.277. The number of fused-ring (bicyclic) bond motifs is 1. The van der Waals surface area contributed by atoms with Crippen molar-refractivity contribution in [2.24, 2.45) is 0 Å². The molecule has 0 aromatic carbocycles. The summed E-state index contributed by atoms with van der Waals surface area (Å²) in [5, 5.41) is 12.1. The van der Waals surface area contributed by atoms with Crippen molar-refractivity contribution in [3.8, 4) is 16.5 Å². The number of anilines is 2. The number of ketones is 1. The molecule has 0 saturated heterocycles. The lowest BCUT2D eigenvalue weighted by molar-refractivity contribution is 0.103. The van der Waals surface area contributed by atoms with E-state index in [1.165, 1.54) is 11.3 Å². The van der Waals surface area contributed by atoms with Crippen LogP contribution in [0, 0.1) is 11.3 Å². The smallest absolute Gasteiger partial charge is 0.223 e. The quantitative estimate of drug-likeness (QED) is 0.526. The first-order valence-corrected chi connectivity index (χ1v) is 9.22. The van der Waals surface area contributed by atoms with Gasteiger partial charge >= 0.3 is 0 Å². The number of nitrogen functional groups attached to an aromatic ring is 2. The molecule has 0 radical (unpaired) electrons. The SMILES string of the molecule is N#Cc1c(N)nc2sc(C(=O)c3ccccn3)c(N)c2c1-c1cccs1. The zero-order chi connectivity index (χ0) is 18.3. The second kappa shape index (κ2) is 6.22. The Kier molecular flexibility index (Phi) is 3.88. The molecule has 0 amide bonds. The van der Waals surface area contributed by atoms with E-state index in [0.29, 0.717) is 32.0 Å². The van der Waals surface area contributed by atoms with Crippen LogP contribution >= 0.6 is 22.7 Å². The number of aromatic nitrogens is 2. The second-order valence-electron chi connectivity index (χ2n) is 5.41. The zero-order valence-electron chi connectivity index (χ0n) is 13.3. The van der Waals surface area contributed by atoms with Crippen molar-refractivity contribution >= 4 is 50.2 Å². The molecular formula is C18H11N5OS2. The average molecular weight is 377 g/mol. The van der Waals surface area contributed by atoms with Gasteiger partial charge in [0.15, 0.2) is 0 Å². The van der Waals surface area contributed by atoms with E-state index in [1.54, 1.807) is 24.4 Å². The van der Waals surface area contributed by atoms with Gasteiger partial charge in [0.2, 0.25) is 5.78 Å². The molecule has 6 nitrogen and oxygen atoms in total. The Morgan fingerprint density at radius 2 is 2.04 bits per heavy atom. The number of carbonyl (C=O) groups is 1. The second-order valence-corrected chi connectivity index (χ2v) is 7.35. The van der Waals surface area contributed by atoms with E-state index in [4.69, 9.17) is 11.5 Å². The van der Waals surface area contributed by atoms with Gasteiger partial charge in [-0.15, -0.1) is 22.7 Å². The van der Waals surface area contributed by atoms with E-state index in [-0.39, 0.29) is 17.2 Å². The molecule has 0 fully saturated rings. The van der Waals surface area contributed by atoms with E-state index in [2.05, 4.69) is 16.0 Å². The Hall–Kier alpha value is -3.28. The summed E-state index contributed by atoms with van der Waals surface area (Å²) < 4.78 is 0.